The van der Waals surface area contributed by atoms with Crippen molar-refractivity contribution in [2.45, 2.75) is 6.42 Å². The average Bonchev–Trinajstić information content (AvgIpc) is 3.14. The Bertz CT molecular complexity index is 1230. The first-order valence-corrected chi connectivity index (χ1v) is 9.68. The maximum atomic E-state index is 13.6. The number of aromatic amines is 1. The summed E-state index contributed by atoms with van der Waals surface area (Å²) in [6, 6.07) is 17.7. The molecule has 0 unspecified atom stereocenters. The maximum Gasteiger partial charge on any atom is 0.148 e. The molecular weight excluding hydrogens is 397 g/mol. The summed E-state index contributed by atoms with van der Waals surface area (Å²) >= 11 is 0. The number of H-pyrrole nitrogens is 1. The van der Waals surface area contributed by atoms with Gasteiger partial charge in [-0.25, -0.2) is 9.37 Å². The molecule has 0 amide bonds. The van der Waals surface area contributed by atoms with Gasteiger partial charge in [-0.15, -0.1) is 0 Å². The Hall–Kier alpha value is -4.25. The number of pyridine rings is 1. The second kappa shape index (κ2) is 9.05. The smallest absolute Gasteiger partial charge is 0.148 e. The molecule has 4 N–H and O–H groups in total. The van der Waals surface area contributed by atoms with Crippen LogP contribution in [0.15, 0.2) is 60.8 Å². The number of aromatic nitrogens is 2. The monoisotopic (exact) mass is 417 g/mol. The molecule has 156 valence electrons. The lowest BCUT2D eigenvalue weighted by atomic mass is 10.2. The van der Waals surface area contributed by atoms with Gasteiger partial charge in [0.05, 0.1) is 18.7 Å². The summed E-state index contributed by atoms with van der Waals surface area (Å²) in [6.07, 6.45) is 1.97. The number of nitrogen functional groups attached to an aromatic ring is 1. The molecule has 0 atom stereocenters. The van der Waals surface area contributed by atoms with Crippen LogP contribution in [-0.4, -0.2) is 23.2 Å². The third kappa shape index (κ3) is 5.03. The minimum Gasteiger partial charge on any atom is -0.493 e. The van der Waals surface area contributed by atoms with Crippen molar-refractivity contribution < 1.29 is 13.9 Å². The minimum absolute atomic E-state index is 0.227. The molecule has 0 radical (unpaired) electrons. The SMILES string of the molecule is N#Cc1cc(OCCCOc2ccc(N)cc2)cc(Nc2ccc3c(F)c[nH]c3c2)n1. The Morgan fingerprint density at radius 2 is 1.81 bits per heavy atom. The van der Waals surface area contributed by atoms with E-state index in [-0.39, 0.29) is 11.5 Å². The predicted molar refractivity (Wildman–Crippen MR) is 117 cm³/mol. The molecule has 4 rings (SSSR count). The number of halogens is 1. The summed E-state index contributed by atoms with van der Waals surface area (Å²) in [5, 5.41) is 12.9. The lowest BCUT2D eigenvalue weighted by molar-refractivity contribution is 0.247. The molecule has 0 bridgehead atoms. The van der Waals surface area contributed by atoms with Gasteiger partial charge >= 0.3 is 0 Å². The first kappa shape index (κ1) is 20.0. The topological polar surface area (TPSA) is 109 Å². The van der Waals surface area contributed by atoms with Gasteiger partial charge in [-0.1, -0.05) is 0 Å². The summed E-state index contributed by atoms with van der Waals surface area (Å²) in [5.41, 5.74) is 7.94. The summed E-state index contributed by atoms with van der Waals surface area (Å²) in [7, 11) is 0. The second-order valence-corrected chi connectivity index (χ2v) is 6.83. The van der Waals surface area contributed by atoms with Crippen molar-refractivity contribution in [3.8, 4) is 17.6 Å². The number of rotatable bonds is 8. The zero-order chi connectivity index (χ0) is 21.6. The molecule has 0 saturated carbocycles. The minimum atomic E-state index is -0.304. The third-order valence-electron chi connectivity index (χ3n) is 4.52. The highest BCUT2D eigenvalue weighted by Gasteiger charge is 2.07. The van der Waals surface area contributed by atoms with E-state index < -0.39 is 0 Å². The molecule has 0 spiro atoms. The van der Waals surface area contributed by atoms with Gasteiger partial charge in [-0.2, -0.15) is 5.26 Å². The lowest BCUT2D eigenvalue weighted by Gasteiger charge is -2.11. The largest absolute Gasteiger partial charge is 0.493 e. The fourth-order valence-corrected chi connectivity index (χ4v) is 3.03. The summed E-state index contributed by atoms with van der Waals surface area (Å²) in [4.78, 5) is 7.12. The maximum absolute atomic E-state index is 13.6. The van der Waals surface area contributed by atoms with Crippen LogP contribution in [0.25, 0.3) is 10.9 Å². The molecule has 0 aliphatic rings. The lowest BCUT2D eigenvalue weighted by Crippen LogP contribution is -2.06. The van der Waals surface area contributed by atoms with E-state index in [1.54, 1.807) is 42.5 Å². The van der Waals surface area contributed by atoms with Gasteiger partial charge in [0.25, 0.3) is 0 Å². The van der Waals surface area contributed by atoms with Crippen LogP contribution in [0.2, 0.25) is 0 Å². The van der Waals surface area contributed by atoms with Crippen LogP contribution >= 0.6 is 0 Å². The highest BCUT2D eigenvalue weighted by Crippen LogP contribution is 2.25. The number of nitrogens with one attached hydrogen (secondary N) is 2. The molecule has 0 aliphatic carbocycles. The molecule has 0 saturated heterocycles. The van der Waals surface area contributed by atoms with E-state index in [4.69, 9.17) is 15.2 Å². The third-order valence-corrected chi connectivity index (χ3v) is 4.52. The van der Waals surface area contributed by atoms with E-state index in [0.29, 0.717) is 53.5 Å². The number of nitrogens with two attached hydrogens (primary N) is 1. The fraction of sp³-hybridized carbons (Fsp3) is 0.130. The number of hydrogen-bond donors (Lipinski definition) is 3. The highest BCUT2D eigenvalue weighted by molar-refractivity contribution is 5.84. The number of hydrogen-bond acceptors (Lipinski definition) is 6. The van der Waals surface area contributed by atoms with Crippen molar-refractivity contribution in [1.29, 1.82) is 5.26 Å². The van der Waals surface area contributed by atoms with Gasteiger partial charge in [-0.3, -0.25) is 0 Å². The molecule has 2 aromatic carbocycles. The van der Waals surface area contributed by atoms with Gasteiger partial charge in [0, 0.05) is 41.5 Å². The Morgan fingerprint density at radius 1 is 1.03 bits per heavy atom. The molecule has 8 heteroatoms. The van der Waals surface area contributed by atoms with Crippen molar-refractivity contribution >= 4 is 28.1 Å². The quantitative estimate of drug-likeness (QED) is 0.282. The second-order valence-electron chi connectivity index (χ2n) is 6.83. The molecule has 0 aliphatic heterocycles. The Balaban J connectivity index is 1.36. The normalized spacial score (nSPS) is 10.6. The average molecular weight is 417 g/mol. The van der Waals surface area contributed by atoms with Gasteiger partial charge in [0.1, 0.15) is 34.9 Å². The number of nitriles is 1. The number of nitrogens with zero attached hydrogens (tertiary/aromatic N) is 2. The molecule has 4 aromatic rings. The highest BCUT2D eigenvalue weighted by atomic mass is 19.1. The zero-order valence-electron chi connectivity index (χ0n) is 16.6. The van der Waals surface area contributed by atoms with Crippen LogP contribution < -0.4 is 20.5 Å². The van der Waals surface area contributed by atoms with Crippen LogP contribution in [0.3, 0.4) is 0 Å². The molecule has 2 aromatic heterocycles. The Morgan fingerprint density at radius 3 is 2.58 bits per heavy atom. The summed E-state index contributed by atoms with van der Waals surface area (Å²) in [6.45, 7) is 0.898. The van der Waals surface area contributed by atoms with E-state index in [1.807, 2.05) is 18.2 Å². The number of ether oxygens (including phenoxy) is 2. The van der Waals surface area contributed by atoms with E-state index in [2.05, 4.69) is 15.3 Å². The van der Waals surface area contributed by atoms with Crippen molar-refractivity contribution in [3.05, 3.63) is 72.3 Å². The van der Waals surface area contributed by atoms with Gasteiger partial charge in [-0.05, 0) is 42.5 Å². The summed E-state index contributed by atoms with van der Waals surface area (Å²) < 4.78 is 25.0. The van der Waals surface area contributed by atoms with Crippen molar-refractivity contribution in [2.24, 2.45) is 0 Å². The molecule has 7 nitrogen and oxygen atoms in total. The van der Waals surface area contributed by atoms with Gasteiger partial charge in [0.15, 0.2) is 0 Å². The van der Waals surface area contributed by atoms with Crippen molar-refractivity contribution in [2.75, 3.05) is 24.3 Å². The van der Waals surface area contributed by atoms with Gasteiger partial charge in [0.2, 0.25) is 0 Å². The first-order chi connectivity index (χ1) is 15.1. The van der Waals surface area contributed by atoms with Crippen molar-refractivity contribution in [3.63, 3.8) is 0 Å². The molecular formula is C23H20FN5O2. The van der Waals surface area contributed by atoms with Gasteiger partial charge < -0.3 is 25.5 Å². The Labute approximate surface area is 178 Å². The number of fused-ring (bicyclic) bond motifs is 1. The fourth-order valence-electron chi connectivity index (χ4n) is 3.03. The van der Waals surface area contributed by atoms with Crippen LogP contribution in [-0.2, 0) is 0 Å². The van der Waals surface area contributed by atoms with E-state index in [1.165, 1.54) is 6.20 Å². The van der Waals surface area contributed by atoms with Crippen molar-refractivity contribution in [1.82, 2.24) is 9.97 Å². The first-order valence-electron chi connectivity index (χ1n) is 9.68. The molecule has 31 heavy (non-hydrogen) atoms. The van der Waals surface area contributed by atoms with Crippen LogP contribution in [0.1, 0.15) is 12.1 Å². The van der Waals surface area contributed by atoms with Crippen LogP contribution in [0.4, 0.5) is 21.6 Å². The van der Waals surface area contributed by atoms with Crippen LogP contribution in [0, 0.1) is 17.1 Å². The molecule has 0 fully saturated rings. The predicted octanol–water partition coefficient (Wildman–Crippen LogP) is 4.75. The number of benzene rings is 2. The molecule has 2 heterocycles. The van der Waals surface area contributed by atoms with E-state index in [0.717, 1.165) is 5.75 Å². The Kier molecular flexibility index (Phi) is 5.85. The summed E-state index contributed by atoms with van der Waals surface area (Å²) in [5.74, 6) is 1.42. The van der Waals surface area contributed by atoms with Crippen LogP contribution in [0.5, 0.6) is 11.5 Å². The standard InChI is InChI=1S/C23H20FN5O2/c24-21-14-27-22-11-16(4-7-20(21)22)28-23-12-19(10-17(13-25)29-23)31-9-1-8-30-18-5-2-15(26)3-6-18/h2-7,10-12,14,27H,1,8-9,26H2,(H,28,29). The van der Waals surface area contributed by atoms with E-state index >= 15 is 0 Å². The zero-order valence-corrected chi connectivity index (χ0v) is 16.6. The number of anilines is 3. The van der Waals surface area contributed by atoms with E-state index in [9.17, 15) is 9.65 Å².